The van der Waals surface area contributed by atoms with Crippen LogP contribution in [-0.2, 0) is 11.2 Å². The molecule has 2 rings (SSSR count). The third-order valence-electron chi connectivity index (χ3n) is 2.24. The molecule has 0 radical (unpaired) electrons. The zero-order valence-corrected chi connectivity index (χ0v) is 7.97. The van der Waals surface area contributed by atoms with Gasteiger partial charge in [-0.2, -0.15) is 0 Å². The smallest absolute Gasteiger partial charge is 0.320 e. The van der Waals surface area contributed by atoms with Gasteiger partial charge < -0.3 is 20.3 Å². The minimum absolute atomic E-state index is 0.175. The zero-order chi connectivity index (χ0) is 10.8. The maximum absolute atomic E-state index is 10.6. The van der Waals surface area contributed by atoms with Crippen LogP contribution in [0.5, 0.6) is 11.5 Å². The Morgan fingerprint density at radius 3 is 3.07 bits per heavy atom. The van der Waals surface area contributed by atoms with Gasteiger partial charge in [0.15, 0.2) is 11.5 Å². The van der Waals surface area contributed by atoms with Gasteiger partial charge in [-0.15, -0.1) is 0 Å². The van der Waals surface area contributed by atoms with Gasteiger partial charge in [0.05, 0.1) is 0 Å². The molecule has 0 saturated carbocycles. The molecular weight excluding hydrogens is 198 g/mol. The number of para-hydroxylation sites is 1. The molecule has 1 aliphatic heterocycles. The molecular formula is C10H11NO4. The average molecular weight is 209 g/mol. The van der Waals surface area contributed by atoms with Crippen LogP contribution in [0.1, 0.15) is 5.56 Å². The van der Waals surface area contributed by atoms with Gasteiger partial charge in [0.2, 0.25) is 6.79 Å². The summed E-state index contributed by atoms with van der Waals surface area (Å²) in [6.07, 6.45) is 0.238. The molecule has 1 atom stereocenters. The standard InChI is InChI=1S/C10H11NO4/c11-7(10(12)13)4-6-2-1-3-8-9(6)15-5-14-8/h1-3,7H,4-5,11H2,(H,12,13)/t7-/m1/s1. The third-order valence-corrected chi connectivity index (χ3v) is 2.24. The minimum atomic E-state index is -1.02. The minimum Gasteiger partial charge on any atom is -0.480 e. The Bertz CT molecular complexity index is 391. The van der Waals surface area contributed by atoms with Gasteiger partial charge in [0, 0.05) is 12.0 Å². The molecule has 1 aromatic rings. The number of nitrogens with two attached hydrogens (primary N) is 1. The molecule has 15 heavy (non-hydrogen) atoms. The Balaban J connectivity index is 2.22. The molecule has 0 bridgehead atoms. The number of carboxylic acids is 1. The van der Waals surface area contributed by atoms with Crippen LogP contribution in [-0.4, -0.2) is 23.9 Å². The highest BCUT2D eigenvalue weighted by molar-refractivity contribution is 5.73. The number of aliphatic carboxylic acids is 1. The summed E-state index contributed by atoms with van der Waals surface area (Å²) >= 11 is 0. The molecule has 5 heteroatoms. The van der Waals surface area contributed by atoms with Crippen molar-refractivity contribution >= 4 is 5.97 Å². The Hall–Kier alpha value is -1.75. The van der Waals surface area contributed by atoms with Crippen LogP contribution in [0, 0.1) is 0 Å². The molecule has 0 aromatic heterocycles. The second-order valence-electron chi connectivity index (χ2n) is 3.30. The van der Waals surface area contributed by atoms with Crippen LogP contribution in [0.2, 0.25) is 0 Å². The Morgan fingerprint density at radius 1 is 1.53 bits per heavy atom. The van der Waals surface area contributed by atoms with Crippen molar-refractivity contribution in [3.63, 3.8) is 0 Å². The first-order valence-corrected chi connectivity index (χ1v) is 4.54. The summed E-state index contributed by atoms with van der Waals surface area (Å²) in [6, 6.07) is 4.44. The van der Waals surface area contributed by atoms with E-state index in [0.29, 0.717) is 11.5 Å². The normalized spacial score (nSPS) is 15.0. The van der Waals surface area contributed by atoms with Gasteiger partial charge in [0.25, 0.3) is 0 Å². The SMILES string of the molecule is N[C@H](Cc1cccc2c1OCO2)C(=O)O. The van der Waals surface area contributed by atoms with Crippen molar-refractivity contribution in [2.45, 2.75) is 12.5 Å². The van der Waals surface area contributed by atoms with Gasteiger partial charge >= 0.3 is 5.97 Å². The molecule has 3 N–H and O–H groups in total. The third kappa shape index (κ3) is 1.87. The van der Waals surface area contributed by atoms with Crippen LogP contribution >= 0.6 is 0 Å². The summed E-state index contributed by atoms with van der Waals surface area (Å²) in [5.41, 5.74) is 6.21. The summed E-state index contributed by atoms with van der Waals surface area (Å²) in [5, 5.41) is 8.69. The Kier molecular flexibility index (Phi) is 2.47. The monoisotopic (exact) mass is 209 g/mol. The Morgan fingerprint density at radius 2 is 2.33 bits per heavy atom. The van der Waals surface area contributed by atoms with Crippen molar-refractivity contribution in [2.75, 3.05) is 6.79 Å². The van der Waals surface area contributed by atoms with E-state index in [1.807, 2.05) is 0 Å². The number of carboxylic acid groups (broad SMARTS) is 1. The highest BCUT2D eigenvalue weighted by atomic mass is 16.7. The summed E-state index contributed by atoms with van der Waals surface area (Å²) < 4.78 is 10.4. The first kappa shape index (κ1) is 9.79. The first-order valence-electron chi connectivity index (χ1n) is 4.54. The summed E-state index contributed by atoms with van der Waals surface area (Å²) in [6.45, 7) is 0.175. The average Bonchev–Trinajstić information content (AvgIpc) is 2.66. The fraction of sp³-hybridized carbons (Fsp3) is 0.300. The van der Waals surface area contributed by atoms with Gasteiger partial charge in [-0.3, -0.25) is 4.79 Å². The van der Waals surface area contributed by atoms with Crippen LogP contribution in [0.15, 0.2) is 18.2 Å². The molecule has 0 saturated heterocycles. The van der Waals surface area contributed by atoms with Crippen molar-refractivity contribution in [1.82, 2.24) is 0 Å². The van der Waals surface area contributed by atoms with E-state index >= 15 is 0 Å². The van der Waals surface area contributed by atoms with E-state index in [1.165, 1.54) is 0 Å². The largest absolute Gasteiger partial charge is 0.480 e. The van der Waals surface area contributed by atoms with E-state index in [0.717, 1.165) is 5.56 Å². The molecule has 1 aliphatic rings. The number of hydrogen-bond donors (Lipinski definition) is 2. The van der Waals surface area contributed by atoms with E-state index < -0.39 is 12.0 Å². The number of fused-ring (bicyclic) bond motifs is 1. The summed E-state index contributed by atoms with van der Waals surface area (Å²) in [5.74, 6) is 0.228. The molecule has 1 heterocycles. The molecule has 5 nitrogen and oxygen atoms in total. The van der Waals surface area contributed by atoms with Gasteiger partial charge in [0.1, 0.15) is 6.04 Å². The predicted octanol–water partition coefficient (Wildman–Crippen LogP) is 0.370. The molecule has 0 aliphatic carbocycles. The first-order chi connectivity index (χ1) is 7.18. The highest BCUT2D eigenvalue weighted by Crippen LogP contribution is 2.35. The topological polar surface area (TPSA) is 81.8 Å². The van der Waals surface area contributed by atoms with E-state index in [9.17, 15) is 4.79 Å². The number of benzene rings is 1. The van der Waals surface area contributed by atoms with Crippen LogP contribution in [0.25, 0.3) is 0 Å². The highest BCUT2D eigenvalue weighted by Gasteiger charge is 2.20. The van der Waals surface area contributed by atoms with E-state index in [4.69, 9.17) is 20.3 Å². The lowest BCUT2D eigenvalue weighted by Gasteiger charge is -2.08. The number of rotatable bonds is 3. The van der Waals surface area contributed by atoms with Crippen LogP contribution in [0.4, 0.5) is 0 Å². The maximum atomic E-state index is 10.6. The molecule has 0 fully saturated rings. The quantitative estimate of drug-likeness (QED) is 0.751. The van der Waals surface area contributed by atoms with Gasteiger partial charge in [-0.1, -0.05) is 12.1 Å². The predicted molar refractivity (Wildman–Crippen MR) is 51.9 cm³/mol. The van der Waals surface area contributed by atoms with Crippen molar-refractivity contribution in [3.05, 3.63) is 23.8 Å². The molecule has 80 valence electrons. The summed E-state index contributed by atoms with van der Waals surface area (Å²) in [4.78, 5) is 10.6. The zero-order valence-electron chi connectivity index (χ0n) is 7.97. The number of carbonyl (C=O) groups is 1. The molecule has 0 spiro atoms. The van der Waals surface area contributed by atoms with Crippen LogP contribution in [0.3, 0.4) is 0 Å². The van der Waals surface area contributed by atoms with Crippen molar-refractivity contribution in [3.8, 4) is 11.5 Å². The van der Waals surface area contributed by atoms with E-state index in [2.05, 4.69) is 0 Å². The van der Waals surface area contributed by atoms with Gasteiger partial charge in [-0.05, 0) is 6.07 Å². The molecule has 0 amide bonds. The fourth-order valence-electron chi connectivity index (χ4n) is 1.48. The van der Waals surface area contributed by atoms with Crippen molar-refractivity contribution in [1.29, 1.82) is 0 Å². The lowest BCUT2D eigenvalue weighted by Crippen LogP contribution is -2.32. The van der Waals surface area contributed by atoms with E-state index in [1.54, 1.807) is 18.2 Å². The number of hydrogen-bond acceptors (Lipinski definition) is 4. The molecule has 0 unspecified atom stereocenters. The second kappa shape index (κ2) is 3.78. The van der Waals surface area contributed by atoms with Crippen molar-refractivity contribution < 1.29 is 19.4 Å². The maximum Gasteiger partial charge on any atom is 0.320 e. The summed E-state index contributed by atoms with van der Waals surface area (Å²) in [7, 11) is 0. The second-order valence-corrected chi connectivity index (χ2v) is 3.30. The van der Waals surface area contributed by atoms with Crippen molar-refractivity contribution in [2.24, 2.45) is 5.73 Å². The number of ether oxygens (including phenoxy) is 2. The lowest BCUT2D eigenvalue weighted by atomic mass is 10.1. The van der Waals surface area contributed by atoms with Gasteiger partial charge in [-0.25, -0.2) is 0 Å². The fourth-order valence-corrected chi connectivity index (χ4v) is 1.48. The van der Waals surface area contributed by atoms with E-state index in [-0.39, 0.29) is 13.2 Å². The molecule has 1 aromatic carbocycles. The Labute approximate surface area is 86.4 Å². The van der Waals surface area contributed by atoms with Crippen LogP contribution < -0.4 is 15.2 Å². The lowest BCUT2D eigenvalue weighted by molar-refractivity contribution is -0.138.